The zero-order chi connectivity index (χ0) is 24.3. The molecule has 0 fully saturated rings. The van der Waals surface area contributed by atoms with E-state index in [0.29, 0.717) is 0 Å². The van der Waals surface area contributed by atoms with Crippen molar-refractivity contribution >= 4 is 23.9 Å². The standard InChI is InChI=1S/C24H42O6/c1-13-23(15(3)4,19(27)29-17(25)21(7,8)9)24(14-2,16(5)6)20(28)30-18(26)22(10,11)12/h15-16H,13-14H2,1-12H3. The Hall–Kier alpha value is -1.72. The summed E-state index contributed by atoms with van der Waals surface area (Å²) in [6.07, 6.45) is 0.511. The van der Waals surface area contributed by atoms with E-state index < -0.39 is 45.5 Å². The lowest BCUT2D eigenvalue weighted by Crippen LogP contribution is -2.59. The molecule has 2 atom stereocenters. The molecule has 0 saturated carbocycles. The Kier molecular flexibility index (Phi) is 9.06. The highest BCUT2D eigenvalue weighted by molar-refractivity contribution is 5.98. The maximum absolute atomic E-state index is 13.6. The molecule has 30 heavy (non-hydrogen) atoms. The van der Waals surface area contributed by atoms with Crippen molar-refractivity contribution in [2.75, 3.05) is 0 Å². The van der Waals surface area contributed by atoms with E-state index in [1.807, 2.05) is 27.7 Å². The molecule has 6 nitrogen and oxygen atoms in total. The first-order valence-electron chi connectivity index (χ1n) is 10.9. The predicted molar refractivity (Wildman–Crippen MR) is 116 cm³/mol. The van der Waals surface area contributed by atoms with Gasteiger partial charge in [-0.15, -0.1) is 0 Å². The van der Waals surface area contributed by atoms with Gasteiger partial charge in [0.1, 0.15) is 0 Å². The number of carbonyl (C=O) groups is 4. The highest BCUT2D eigenvalue weighted by Crippen LogP contribution is 2.56. The summed E-state index contributed by atoms with van der Waals surface area (Å²) in [5.74, 6) is -3.48. The van der Waals surface area contributed by atoms with Gasteiger partial charge in [0, 0.05) is 0 Å². The van der Waals surface area contributed by atoms with E-state index in [-0.39, 0.29) is 24.7 Å². The highest BCUT2D eigenvalue weighted by Gasteiger charge is 2.64. The summed E-state index contributed by atoms with van der Waals surface area (Å²) in [5, 5.41) is 0. The van der Waals surface area contributed by atoms with E-state index >= 15 is 0 Å². The summed E-state index contributed by atoms with van der Waals surface area (Å²) >= 11 is 0. The molecule has 0 N–H and O–H groups in total. The lowest BCUT2D eigenvalue weighted by atomic mass is 9.51. The molecule has 2 unspecified atom stereocenters. The van der Waals surface area contributed by atoms with Crippen LogP contribution in [0.15, 0.2) is 0 Å². The van der Waals surface area contributed by atoms with Crippen molar-refractivity contribution in [1.82, 2.24) is 0 Å². The summed E-state index contributed by atoms with van der Waals surface area (Å²) in [6, 6.07) is 0. The molecule has 0 spiro atoms. The molecule has 0 aromatic carbocycles. The Bertz CT molecular complexity index is 604. The molecule has 0 bridgehead atoms. The van der Waals surface area contributed by atoms with E-state index in [2.05, 4.69) is 0 Å². The topological polar surface area (TPSA) is 86.7 Å². The summed E-state index contributed by atoms with van der Waals surface area (Å²) < 4.78 is 10.7. The quantitative estimate of drug-likeness (QED) is 0.404. The van der Waals surface area contributed by atoms with Crippen LogP contribution in [0.4, 0.5) is 0 Å². The van der Waals surface area contributed by atoms with Crippen LogP contribution in [0.25, 0.3) is 0 Å². The van der Waals surface area contributed by atoms with Gasteiger partial charge in [-0.2, -0.15) is 0 Å². The molecule has 6 heteroatoms. The van der Waals surface area contributed by atoms with Crippen molar-refractivity contribution in [1.29, 1.82) is 0 Å². The first-order chi connectivity index (χ1) is 13.4. The predicted octanol–water partition coefficient (Wildman–Crippen LogP) is 5.32. The zero-order valence-electron chi connectivity index (χ0n) is 21.0. The van der Waals surface area contributed by atoms with Crippen LogP contribution in [-0.2, 0) is 28.7 Å². The zero-order valence-corrected chi connectivity index (χ0v) is 21.0. The summed E-state index contributed by atoms with van der Waals surface area (Å²) in [5.41, 5.74) is -4.43. The Morgan fingerprint density at radius 1 is 0.567 bits per heavy atom. The summed E-state index contributed by atoms with van der Waals surface area (Å²) in [6.45, 7) is 20.9. The first-order valence-corrected chi connectivity index (χ1v) is 10.9. The van der Waals surface area contributed by atoms with Crippen molar-refractivity contribution in [3.8, 4) is 0 Å². The fraction of sp³-hybridized carbons (Fsp3) is 0.833. The minimum atomic E-state index is -1.34. The monoisotopic (exact) mass is 426 g/mol. The molecule has 0 aliphatic rings. The third-order valence-corrected chi connectivity index (χ3v) is 6.21. The minimum absolute atomic E-state index is 0.256. The van der Waals surface area contributed by atoms with Gasteiger partial charge in [0.25, 0.3) is 0 Å². The Balaban J connectivity index is 6.71. The van der Waals surface area contributed by atoms with Crippen molar-refractivity contribution in [2.45, 2.75) is 95.9 Å². The van der Waals surface area contributed by atoms with Crippen molar-refractivity contribution in [2.24, 2.45) is 33.5 Å². The third kappa shape index (κ3) is 5.12. The van der Waals surface area contributed by atoms with Gasteiger partial charge in [-0.1, -0.05) is 41.5 Å². The Morgan fingerprint density at radius 2 is 0.800 bits per heavy atom. The molecule has 0 radical (unpaired) electrons. The summed E-state index contributed by atoms with van der Waals surface area (Å²) in [7, 11) is 0. The second-order valence-corrected chi connectivity index (χ2v) is 10.8. The van der Waals surface area contributed by atoms with Crippen LogP contribution in [0.1, 0.15) is 95.9 Å². The van der Waals surface area contributed by atoms with Gasteiger partial charge in [0.2, 0.25) is 0 Å². The molecular weight excluding hydrogens is 384 g/mol. The molecule has 0 aliphatic heterocycles. The van der Waals surface area contributed by atoms with Crippen LogP contribution in [0.3, 0.4) is 0 Å². The van der Waals surface area contributed by atoms with Gasteiger partial charge in [-0.05, 0) is 66.2 Å². The van der Waals surface area contributed by atoms with Crippen LogP contribution in [0.5, 0.6) is 0 Å². The average Bonchev–Trinajstić information content (AvgIpc) is 2.56. The SMILES string of the molecule is CCC(C(=O)OC(=O)C(C)(C)C)(C(C)C)C(CC)(C(=O)OC(=O)C(C)(C)C)C(C)C. The smallest absolute Gasteiger partial charge is 0.321 e. The molecule has 174 valence electrons. The van der Waals surface area contributed by atoms with Crippen LogP contribution in [0, 0.1) is 33.5 Å². The number of hydrogen-bond donors (Lipinski definition) is 0. The molecule has 0 heterocycles. The van der Waals surface area contributed by atoms with E-state index in [4.69, 9.17) is 9.47 Å². The number of hydrogen-bond acceptors (Lipinski definition) is 6. The highest BCUT2D eigenvalue weighted by atomic mass is 16.6. The van der Waals surface area contributed by atoms with Gasteiger partial charge < -0.3 is 9.47 Å². The Morgan fingerprint density at radius 3 is 0.933 bits per heavy atom. The largest absolute Gasteiger partial charge is 0.392 e. The lowest BCUT2D eigenvalue weighted by Gasteiger charge is -2.51. The fourth-order valence-corrected chi connectivity index (χ4v) is 4.26. The van der Waals surface area contributed by atoms with Crippen LogP contribution < -0.4 is 0 Å². The second-order valence-electron chi connectivity index (χ2n) is 10.8. The molecular formula is C24H42O6. The molecule has 0 amide bonds. The Labute approximate surface area is 182 Å². The lowest BCUT2D eigenvalue weighted by molar-refractivity contribution is -0.201. The van der Waals surface area contributed by atoms with Gasteiger partial charge in [-0.25, -0.2) is 0 Å². The van der Waals surface area contributed by atoms with Gasteiger partial charge in [0.15, 0.2) is 0 Å². The van der Waals surface area contributed by atoms with E-state index in [9.17, 15) is 19.2 Å². The number of carbonyl (C=O) groups excluding carboxylic acids is 4. The fourth-order valence-electron chi connectivity index (χ4n) is 4.26. The van der Waals surface area contributed by atoms with Gasteiger partial charge >= 0.3 is 23.9 Å². The maximum Gasteiger partial charge on any atom is 0.321 e. The number of esters is 4. The van der Waals surface area contributed by atoms with E-state index in [1.54, 1.807) is 55.4 Å². The molecule has 0 rings (SSSR count). The molecule has 0 aromatic heterocycles. The van der Waals surface area contributed by atoms with Crippen molar-refractivity contribution in [3.63, 3.8) is 0 Å². The number of ether oxygens (including phenoxy) is 2. The van der Waals surface area contributed by atoms with Crippen LogP contribution in [0.2, 0.25) is 0 Å². The first kappa shape index (κ1) is 28.3. The van der Waals surface area contributed by atoms with Crippen LogP contribution in [-0.4, -0.2) is 23.9 Å². The maximum atomic E-state index is 13.6. The average molecular weight is 427 g/mol. The van der Waals surface area contributed by atoms with Gasteiger partial charge in [0.05, 0.1) is 21.7 Å². The van der Waals surface area contributed by atoms with Crippen molar-refractivity contribution in [3.05, 3.63) is 0 Å². The van der Waals surface area contributed by atoms with Gasteiger partial charge in [-0.3, -0.25) is 19.2 Å². The molecule has 0 aliphatic carbocycles. The summed E-state index contributed by atoms with van der Waals surface area (Å²) in [4.78, 5) is 52.1. The molecule has 0 saturated heterocycles. The second kappa shape index (κ2) is 9.61. The van der Waals surface area contributed by atoms with Crippen molar-refractivity contribution < 1.29 is 28.7 Å². The molecule has 0 aromatic rings. The minimum Gasteiger partial charge on any atom is -0.392 e. The van der Waals surface area contributed by atoms with E-state index in [0.717, 1.165) is 0 Å². The number of rotatable bonds is 7. The normalized spacial score (nSPS) is 16.6. The third-order valence-electron chi connectivity index (χ3n) is 6.21. The van der Waals surface area contributed by atoms with E-state index in [1.165, 1.54) is 0 Å². The van der Waals surface area contributed by atoms with Crippen LogP contribution >= 0.6 is 0 Å².